The van der Waals surface area contributed by atoms with E-state index in [1.165, 1.54) is 25.7 Å². The predicted octanol–water partition coefficient (Wildman–Crippen LogP) is 0.815. The van der Waals surface area contributed by atoms with Gasteiger partial charge < -0.3 is 20.5 Å². The largest absolute Gasteiger partial charge is 0.387 e. The van der Waals surface area contributed by atoms with Gasteiger partial charge in [0.1, 0.15) is 0 Å². The first-order chi connectivity index (χ1) is 11.1. The Morgan fingerprint density at radius 3 is 2.70 bits per heavy atom. The zero-order valence-corrected chi connectivity index (χ0v) is 14.8. The summed E-state index contributed by atoms with van der Waals surface area (Å²) in [5.41, 5.74) is -0.812. The second kappa shape index (κ2) is 9.45. The highest BCUT2D eigenvalue weighted by atomic mass is 16.5. The lowest BCUT2D eigenvalue weighted by molar-refractivity contribution is -0.0179. The van der Waals surface area contributed by atoms with Crippen LogP contribution in [-0.2, 0) is 4.74 Å². The van der Waals surface area contributed by atoms with Gasteiger partial charge in [-0.3, -0.25) is 9.89 Å². The zero-order chi connectivity index (χ0) is 16.5. The van der Waals surface area contributed by atoms with E-state index in [9.17, 15) is 5.11 Å². The second-order valence-corrected chi connectivity index (χ2v) is 7.09. The molecule has 2 aliphatic rings. The summed E-state index contributed by atoms with van der Waals surface area (Å²) in [6.45, 7) is 10.0. The van der Waals surface area contributed by atoms with Crippen LogP contribution in [0.15, 0.2) is 4.99 Å². The van der Waals surface area contributed by atoms with Gasteiger partial charge >= 0.3 is 0 Å². The molecular formula is C17H34N4O2. The van der Waals surface area contributed by atoms with Crippen LogP contribution in [0.1, 0.15) is 39.5 Å². The van der Waals surface area contributed by atoms with Crippen LogP contribution in [0.25, 0.3) is 0 Å². The van der Waals surface area contributed by atoms with Gasteiger partial charge in [-0.25, -0.2) is 0 Å². The number of hydrogen-bond donors (Lipinski definition) is 3. The number of morpholine rings is 1. The van der Waals surface area contributed by atoms with E-state index in [0.717, 1.165) is 51.3 Å². The minimum Gasteiger partial charge on any atom is -0.387 e. The summed E-state index contributed by atoms with van der Waals surface area (Å²) in [4.78, 5) is 6.81. The number of aliphatic imine (C=N–C) groups is 1. The molecule has 0 radical (unpaired) electrons. The third kappa shape index (κ3) is 7.99. The summed E-state index contributed by atoms with van der Waals surface area (Å²) in [5.74, 6) is 1.79. The van der Waals surface area contributed by atoms with Gasteiger partial charge in [-0.2, -0.15) is 0 Å². The molecule has 0 amide bonds. The average Bonchev–Trinajstić information content (AvgIpc) is 3.34. The van der Waals surface area contributed by atoms with Crippen LogP contribution in [0.4, 0.5) is 0 Å². The maximum atomic E-state index is 10.6. The lowest BCUT2D eigenvalue weighted by Crippen LogP contribution is -2.48. The first-order valence-electron chi connectivity index (χ1n) is 9.14. The fourth-order valence-electron chi connectivity index (χ4n) is 2.89. The van der Waals surface area contributed by atoms with Crippen LogP contribution in [0.2, 0.25) is 0 Å². The third-order valence-electron chi connectivity index (χ3n) is 4.37. The Balaban J connectivity index is 1.71. The normalized spacial score (nSPS) is 22.7. The number of nitrogens with zero attached hydrogens (tertiary/aromatic N) is 2. The Morgan fingerprint density at radius 1 is 1.30 bits per heavy atom. The molecule has 1 saturated carbocycles. The summed E-state index contributed by atoms with van der Waals surface area (Å²) in [7, 11) is 0. The summed E-state index contributed by atoms with van der Waals surface area (Å²) in [6.07, 6.45) is 5.34. The Kier molecular flexibility index (Phi) is 7.59. The monoisotopic (exact) mass is 326 g/mol. The number of ether oxygens (including phenoxy) is 1. The molecular weight excluding hydrogens is 292 g/mol. The van der Waals surface area contributed by atoms with Crippen molar-refractivity contribution in [3.05, 3.63) is 0 Å². The van der Waals surface area contributed by atoms with Crippen molar-refractivity contribution < 1.29 is 9.84 Å². The Bertz CT molecular complexity index is 364. The van der Waals surface area contributed by atoms with Crippen molar-refractivity contribution in [1.82, 2.24) is 15.5 Å². The standard InChI is InChI=1S/C17H34N4O2/c1-3-18-16(19-8-4-5-15-6-7-15)20-13-17(2,22)14-21-9-11-23-12-10-21/h15,22H,3-14H2,1-2H3,(H2,18,19,20). The van der Waals surface area contributed by atoms with Crippen LogP contribution < -0.4 is 10.6 Å². The van der Waals surface area contributed by atoms with Gasteiger partial charge in [0.05, 0.1) is 25.4 Å². The van der Waals surface area contributed by atoms with Crippen LogP contribution >= 0.6 is 0 Å². The number of hydrogen-bond acceptors (Lipinski definition) is 4. The summed E-state index contributed by atoms with van der Waals surface area (Å²) >= 11 is 0. The molecule has 2 rings (SSSR count). The number of β-amino-alcohol motifs (C(OH)–C–C–N with tert-alkyl or cyclic N) is 1. The topological polar surface area (TPSA) is 69.1 Å². The molecule has 0 spiro atoms. The van der Waals surface area contributed by atoms with Crippen molar-refractivity contribution in [2.45, 2.75) is 45.1 Å². The van der Waals surface area contributed by atoms with E-state index in [0.29, 0.717) is 13.1 Å². The Morgan fingerprint density at radius 2 is 2.04 bits per heavy atom. The quantitative estimate of drug-likeness (QED) is 0.332. The predicted molar refractivity (Wildman–Crippen MR) is 93.8 cm³/mol. The average molecular weight is 326 g/mol. The lowest BCUT2D eigenvalue weighted by Gasteiger charge is -2.33. The summed E-state index contributed by atoms with van der Waals surface area (Å²) in [5, 5.41) is 17.2. The third-order valence-corrected chi connectivity index (χ3v) is 4.37. The van der Waals surface area contributed by atoms with Crippen molar-refractivity contribution in [2.75, 3.05) is 52.5 Å². The first-order valence-corrected chi connectivity index (χ1v) is 9.14. The Labute approximate surface area is 140 Å². The SMILES string of the molecule is CCNC(=NCC(C)(O)CN1CCOCC1)NCCCC1CC1. The van der Waals surface area contributed by atoms with Crippen molar-refractivity contribution in [1.29, 1.82) is 0 Å². The number of guanidine groups is 1. The van der Waals surface area contributed by atoms with E-state index in [4.69, 9.17) is 4.74 Å². The molecule has 0 aromatic heterocycles. The van der Waals surface area contributed by atoms with Crippen LogP contribution in [0, 0.1) is 5.92 Å². The van der Waals surface area contributed by atoms with Gasteiger partial charge in [0.2, 0.25) is 0 Å². The fourth-order valence-corrected chi connectivity index (χ4v) is 2.89. The van der Waals surface area contributed by atoms with Gasteiger partial charge in [0.25, 0.3) is 0 Å². The molecule has 0 bridgehead atoms. The van der Waals surface area contributed by atoms with Gasteiger partial charge in [0, 0.05) is 32.7 Å². The Hall–Kier alpha value is -0.850. The van der Waals surface area contributed by atoms with E-state index >= 15 is 0 Å². The molecule has 0 aromatic rings. The highest BCUT2D eigenvalue weighted by molar-refractivity contribution is 5.79. The summed E-state index contributed by atoms with van der Waals surface area (Å²) < 4.78 is 5.35. The molecule has 1 unspecified atom stereocenters. The zero-order valence-electron chi connectivity index (χ0n) is 14.8. The van der Waals surface area contributed by atoms with E-state index in [1.54, 1.807) is 0 Å². The minimum atomic E-state index is -0.812. The molecule has 2 fully saturated rings. The number of rotatable bonds is 9. The molecule has 1 aliphatic carbocycles. The molecule has 1 heterocycles. The van der Waals surface area contributed by atoms with E-state index in [-0.39, 0.29) is 0 Å². The van der Waals surface area contributed by atoms with Crippen LogP contribution in [0.5, 0.6) is 0 Å². The fraction of sp³-hybridized carbons (Fsp3) is 0.941. The molecule has 0 aromatic carbocycles. The van der Waals surface area contributed by atoms with Crippen LogP contribution in [0.3, 0.4) is 0 Å². The van der Waals surface area contributed by atoms with Gasteiger partial charge in [-0.05, 0) is 32.6 Å². The highest BCUT2D eigenvalue weighted by Gasteiger charge is 2.25. The van der Waals surface area contributed by atoms with E-state index < -0.39 is 5.60 Å². The minimum absolute atomic E-state index is 0.405. The van der Waals surface area contributed by atoms with Crippen molar-refractivity contribution in [3.63, 3.8) is 0 Å². The number of nitrogens with one attached hydrogen (secondary N) is 2. The van der Waals surface area contributed by atoms with Crippen LogP contribution in [-0.4, -0.2) is 74.0 Å². The van der Waals surface area contributed by atoms with Gasteiger partial charge in [-0.1, -0.05) is 12.8 Å². The second-order valence-electron chi connectivity index (χ2n) is 7.09. The maximum Gasteiger partial charge on any atom is 0.191 e. The highest BCUT2D eigenvalue weighted by Crippen LogP contribution is 2.33. The number of aliphatic hydroxyl groups is 1. The molecule has 6 heteroatoms. The maximum absolute atomic E-state index is 10.6. The van der Waals surface area contributed by atoms with E-state index in [2.05, 4.69) is 27.4 Å². The van der Waals surface area contributed by atoms with Crippen molar-refractivity contribution in [2.24, 2.45) is 10.9 Å². The van der Waals surface area contributed by atoms with Crippen molar-refractivity contribution in [3.8, 4) is 0 Å². The van der Waals surface area contributed by atoms with Crippen molar-refractivity contribution >= 4 is 5.96 Å². The molecule has 23 heavy (non-hydrogen) atoms. The molecule has 1 aliphatic heterocycles. The van der Waals surface area contributed by atoms with Gasteiger partial charge in [-0.15, -0.1) is 0 Å². The van der Waals surface area contributed by atoms with E-state index in [1.807, 2.05) is 6.92 Å². The summed E-state index contributed by atoms with van der Waals surface area (Å²) in [6, 6.07) is 0. The van der Waals surface area contributed by atoms with Gasteiger partial charge in [0.15, 0.2) is 5.96 Å². The molecule has 1 atom stereocenters. The smallest absolute Gasteiger partial charge is 0.191 e. The molecule has 1 saturated heterocycles. The molecule has 6 nitrogen and oxygen atoms in total. The first kappa shape index (κ1) is 18.5. The molecule has 3 N–H and O–H groups in total. The molecule has 134 valence electrons. The lowest BCUT2D eigenvalue weighted by atomic mass is 10.1.